The van der Waals surface area contributed by atoms with Gasteiger partial charge in [-0.3, -0.25) is 19.4 Å². The van der Waals surface area contributed by atoms with Gasteiger partial charge in [-0.15, -0.1) is 0 Å². The normalized spacial score (nSPS) is 18.4. The maximum atomic E-state index is 14.6. The lowest BCUT2D eigenvalue weighted by molar-refractivity contribution is -0.120. The molecule has 4 amide bonds. The van der Waals surface area contributed by atoms with E-state index in [0.29, 0.717) is 0 Å². The Morgan fingerprint density at radius 1 is 0.846 bits per heavy atom. The quantitative estimate of drug-likeness (QED) is 0.430. The van der Waals surface area contributed by atoms with Gasteiger partial charge < -0.3 is 29.4 Å². The molecule has 15 heteroatoms. The number of carbonyl (C=O) groups excluding carboxylic acids is 4. The Hall–Kier alpha value is -4.56. The molecule has 39 heavy (non-hydrogen) atoms. The molecule has 2 saturated heterocycles. The summed E-state index contributed by atoms with van der Waals surface area (Å²) in [4.78, 5) is 48.8. The van der Waals surface area contributed by atoms with E-state index in [-0.39, 0.29) is 60.9 Å². The van der Waals surface area contributed by atoms with Gasteiger partial charge in [0.05, 0.1) is 37.6 Å². The zero-order valence-corrected chi connectivity index (χ0v) is 21.1. The first-order valence-electron chi connectivity index (χ1n) is 11.9. The van der Waals surface area contributed by atoms with E-state index in [4.69, 9.17) is 18.8 Å². The minimum atomic E-state index is -0.786. The highest BCUT2D eigenvalue weighted by Crippen LogP contribution is 2.29. The molecule has 2 aliphatic heterocycles. The van der Waals surface area contributed by atoms with Crippen molar-refractivity contribution in [2.24, 2.45) is 0 Å². The van der Waals surface area contributed by atoms with Crippen LogP contribution in [0, 0.1) is 11.6 Å². The van der Waals surface area contributed by atoms with Gasteiger partial charge in [-0.25, -0.2) is 18.4 Å². The molecule has 0 spiro atoms. The molecule has 2 heterocycles. The second kappa shape index (κ2) is 11.9. The van der Waals surface area contributed by atoms with Crippen LogP contribution in [-0.2, 0) is 19.1 Å². The van der Waals surface area contributed by atoms with E-state index in [1.165, 1.54) is 47.9 Å². The summed E-state index contributed by atoms with van der Waals surface area (Å²) in [7, 11) is -0.526. The van der Waals surface area contributed by atoms with Gasteiger partial charge in [-0.1, -0.05) is 0 Å². The third-order valence-corrected chi connectivity index (χ3v) is 5.79. The monoisotopic (exact) mass is 546 g/mol. The van der Waals surface area contributed by atoms with Crippen molar-refractivity contribution < 1.29 is 46.7 Å². The van der Waals surface area contributed by atoms with Crippen LogP contribution in [0.25, 0.3) is 0 Å². The van der Waals surface area contributed by atoms with Crippen LogP contribution in [-0.4, -0.2) is 70.1 Å². The predicted octanol–water partition coefficient (Wildman–Crippen LogP) is 1.61. The van der Waals surface area contributed by atoms with Crippen molar-refractivity contribution in [1.29, 1.82) is 0 Å². The summed E-state index contributed by atoms with van der Waals surface area (Å²) in [5.41, 5.74) is 0.468. The van der Waals surface area contributed by atoms with E-state index in [9.17, 15) is 28.0 Å². The summed E-state index contributed by atoms with van der Waals surface area (Å²) in [5.74, 6) is -2.48. The Bertz CT molecular complexity index is 1190. The minimum absolute atomic E-state index is 0.127. The molecule has 2 aliphatic rings. The fourth-order valence-electron chi connectivity index (χ4n) is 3.90. The van der Waals surface area contributed by atoms with Crippen molar-refractivity contribution in [3.05, 3.63) is 48.0 Å². The number of ether oxygens (including phenoxy) is 2. The maximum Gasteiger partial charge on any atom is 0.576 e. The fourth-order valence-corrected chi connectivity index (χ4v) is 3.90. The van der Waals surface area contributed by atoms with E-state index < -0.39 is 43.7 Å². The zero-order valence-electron chi connectivity index (χ0n) is 21.1. The summed E-state index contributed by atoms with van der Waals surface area (Å²) in [6, 6.07) is 7.65. The number of amides is 4. The number of hydrogen-bond acceptors (Lipinski definition) is 8. The Morgan fingerprint density at radius 2 is 1.26 bits per heavy atom. The van der Waals surface area contributed by atoms with E-state index >= 15 is 0 Å². The molecule has 2 aromatic rings. The van der Waals surface area contributed by atoms with Crippen molar-refractivity contribution in [2.45, 2.75) is 26.1 Å². The molecule has 2 unspecified atom stereocenters. The average Bonchev–Trinajstić information content (AvgIpc) is 3.45. The van der Waals surface area contributed by atoms with Crippen LogP contribution >= 0.6 is 0 Å². The average molecular weight is 546 g/mol. The van der Waals surface area contributed by atoms with Crippen molar-refractivity contribution in [1.82, 2.24) is 10.6 Å². The molecular weight excluding hydrogens is 521 g/mol. The highest BCUT2D eigenvalue weighted by Gasteiger charge is 2.34. The summed E-state index contributed by atoms with van der Waals surface area (Å²) in [6.45, 7) is 3.21. The lowest BCUT2D eigenvalue weighted by atomic mass is 10.2. The Kier molecular flexibility index (Phi) is 8.37. The molecule has 2 aromatic carbocycles. The number of nitrogens with zero attached hydrogens (tertiary/aromatic N) is 2. The topological polar surface area (TPSA) is 136 Å². The molecule has 0 bridgehead atoms. The SMILES string of the molecule is CC(=O)NCC1CN(c2ccc(OBOc3ccc(N4CC(CNC(C)=O)OC4=O)cc3F)c(F)c2)C(=O)O1. The molecule has 12 nitrogen and oxygen atoms in total. The molecule has 2 N–H and O–H groups in total. The molecule has 2 atom stereocenters. The molecular formula is C24H25BF2N4O8. The molecule has 4 rings (SSSR count). The van der Waals surface area contributed by atoms with Crippen LogP contribution in [0.1, 0.15) is 13.8 Å². The van der Waals surface area contributed by atoms with Crippen molar-refractivity contribution in [2.75, 3.05) is 36.0 Å². The van der Waals surface area contributed by atoms with Crippen LogP contribution in [0.3, 0.4) is 0 Å². The predicted molar refractivity (Wildman–Crippen MR) is 134 cm³/mol. The van der Waals surface area contributed by atoms with Crippen LogP contribution in [0.2, 0.25) is 0 Å². The van der Waals surface area contributed by atoms with E-state index in [2.05, 4.69) is 10.6 Å². The lowest BCUT2D eigenvalue weighted by Crippen LogP contribution is -2.33. The van der Waals surface area contributed by atoms with Crippen LogP contribution < -0.4 is 29.7 Å². The highest BCUT2D eigenvalue weighted by molar-refractivity contribution is 6.20. The number of anilines is 2. The number of halogens is 2. The Balaban J connectivity index is 1.30. The smallest absolute Gasteiger partial charge is 0.526 e. The largest absolute Gasteiger partial charge is 0.576 e. The first kappa shape index (κ1) is 27.5. The number of benzene rings is 2. The Morgan fingerprint density at radius 3 is 1.62 bits per heavy atom. The number of carbonyl (C=O) groups is 4. The third kappa shape index (κ3) is 6.86. The van der Waals surface area contributed by atoms with Gasteiger partial charge in [0.2, 0.25) is 11.8 Å². The Labute approximate surface area is 222 Å². The van der Waals surface area contributed by atoms with E-state index in [1.807, 2.05) is 0 Å². The van der Waals surface area contributed by atoms with E-state index in [1.54, 1.807) is 0 Å². The number of rotatable bonds is 10. The summed E-state index contributed by atoms with van der Waals surface area (Å²) in [5, 5.41) is 5.11. The highest BCUT2D eigenvalue weighted by atomic mass is 19.1. The van der Waals surface area contributed by atoms with Crippen molar-refractivity contribution >= 4 is 43.1 Å². The van der Waals surface area contributed by atoms with Crippen LogP contribution in [0.5, 0.6) is 11.5 Å². The van der Waals surface area contributed by atoms with Gasteiger partial charge in [-0.2, -0.15) is 0 Å². The summed E-state index contributed by atoms with van der Waals surface area (Å²) >= 11 is 0. The van der Waals surface area contributed by atoms with Gasteiger partial charge in [0.15, 0.2) is 11.6 Å². The van der Waals surface area contributed by atoms with Crippen molar-refractivity contribution in [3.63, 3.8) is 0 Å². The minimum Gasteiger partial charge on any atom is -0.526 e. The van der Waals surface area contributed by atoms with Gasteiger partial charge in [0, 0.05) is 26.0 Å². The second-order valence-corrected chi connectivity index (χ2v) is 8.74. The van der Waals surface area contributed by atoms with Gasteiger partial charge in [0.1, 0.15) is 23.7 Å². The number of cyclic esters (lactones) is 2. The van der Waals surface area contributed by atoms with Gasteiger partial charge in [-0.05, 0) is 24.3 Å². The summed E-state index contributed by atoms with van der Waals surface area (Å²) in [6.07, 6.45) is -2.50. The van der Waals surface area contributed by atoms with Crippen LogP contribution in [0.15, 0.2) is 36.4 Å². The standard InChI is InChI=1S/C24H25BF2N4O8/c1-13(32)28-9-17-11-30(23(34)36-17)15-3-5-21(19(26)7-15)38-25-39-22-6-4-16(8-20(22)27)31-12-18(37-24(31)35)10-29-14(2)33/h3-8,17-18,25H,9-12H2,1-2H3,(H,28,32)(H,29,33). The molecule has 0 saturated carbocycles. The third-order valence-electron chi connectivity index (χ3n) is 5.79. The maximum absolute atomic E-state index is 14.6. The molecule has 0 radical (unpaired) electrons. The van der Waals surface area contributed by atoms with Gasteiger partial charge in [0.25, 0.3) is 0 Å². The zero-order chi connectivity index (χ0) is 28.1. The summed E-state index contributed by atoms with van der Waals surface area (Å²) < 4.78 is 50.1. The van der Waals surface area contributed by atoms with Crippen molar-refractivity contribution in [3.8, 4) is 11.5 Å². The fraction of sp³-hybridized carbons (Fsp3) is 0.333. The van der Waals surface area contributed by atoms with Gasteiger partial charge >= 0.3 is 19.9 Å². The molecule has 0 aliphatic carbocycles. The first-order chi connectivity index (χ1) is 18.6. The first-order valence-corrected chi connectivity index (χ1v) is 11.9. The number of hydrogen-bond donors (Lipinski definition) is 2. The molecule has 0 aromatic heterocycles. The molecule has 206 valence electrons. The van der Waals surface area contributed by atoms with E-state index in [0.717, 1.165) is 12.1 Å². The van der Waals surface area contributed by atoms with Crippen LogP contribution in [0.4, 0.5) is 29.7 Å². The molecule has 2 fully saturated rings. The lowest BCUT2D eigenvalue weighted by Gasteiger charge is -2.16. The number of nitrogens with one attached hydrogen (secondary N) is 2. The second-order valence-electron chi connectivity index (χ2n) is 8.74.